The van der Waals surface area contributed by atoms with Crippen LogP contribution in [-0.2, 0) is 4.43 Å². The van der Waals surface area contributed by atoms with Crippen LogP contribution in [0.2, 0.25) is 18.1 Å². The van der Waals surface area contributed by atoms with Crippen LogP contribution in [0.25, 0.3) is 0 Å². The SMILES string of the molecule is CCC[C@@H](CO[Si](C)(C)C(C)(C)C)N=CC(F)(F)F. The minimum absolute atomic E-state index is 0.0531. The van der Waals surface area contributed by atoms with Crippen LogP contribution in [0, 0.1) is 0 Å². The van der Waals surface area contributed by atoms with Crippen LogP contribution in [0.5, 0.6) is 0 Å². The van der Waals surface area contributed by atoms with Crippen molar-refractivity contribution in [2.45, 2.75) is 70.9 Å². The first-order chi connectivity index (χ1) is 8.39. The Kier molecular flexibility index (Phi) is 6.75. The maximum atomic E-state index is 12.1. The quantitative estimate of drug-likeness (QED) is 0.509. The average molecular weight is 297 g/mol. The number of nitrogens with zero attached hydrogens (tertiary/aromatic N) is 1. The van der Waals surface area contributed by atoms with Gasteiger partial charge in [0.1, 0.15) is 6.21 Å². The predicted molar refractivity (Wildman–Crippen MR) is 76.4 cm³/mol. The van der Waals surface area contributed by atoms with E-state index in [1.54, 1.807) is 0 Å². The molecule has 0 fully saturated rings. The summed E-state index contributed by atoms with van der Waals surface area (Å²) in [5.74, 6) is 0. The fourth-order valence-corrected chi connectivity index (χ4v) is 2.29. The van der Waals surface area contributed by atoms with Gasteiger partial charge in [-0.2, -0.15) is 13.2 Å². The van der Waals surface area contributed by atoms with Crippen LogP contribution in [0.15, 0.2) is 4.99 Å². The number of alkyl halides is 3. The molecule has 0 heterocycles. The summed E-state index contributed by atoms with van der Waals surface area (Å²) in [6, 6.07) is -0.402. The molecule has 0 aliphatic heterocycles. The molecule has 0 aliphatic carbocycles. The lowest BCUT2D eigenvalue weighted by atomic mass is 10.2. The van der Waals surface area contributed by atoms with Crippen molar-refractivity contribution >= 4 is 14.5 Å². The summed E-state index contributed by atoms with van der Waals surface area (Å²) < 4.78 is 42.3. The van der Waals surface area contributed by atoms with Gasteiger partial charge in [-0.15, -0.1) is 0 Å². The number of halogens is 3. The van der Waals surface area contributed by atoms with Crippen molar-refractivity contribution in [2.24, 2.45) is 4.99 Å². The molecule has 0 spiro atoms. The molecule has 0 aromatic carbocycles. The first-order valence-corrected chi connectivity index (χ1v) is 9.55. The molecule has 1 atom stereocenters. The third kappa shape index (κ3) is 7.72. The summed E-state index contributed by atoms with van der Waals surface area (Å²) in [4.78, 5) is 3.62. The summed E-state index contributed by atoms with van der Waals surface area (Å²) in [7, 11) is -1.93. The molecule has 0 N–H and O–H groups in total. The van der Waals surface area contributed by atoms with E-state index in [9.17, 15) is 13.2 Å². The van der Waals surface area contributed by atoms with Gasteiger partial charge in [0.25, 0.3) is 0 Å². The Morgan fingerprint density at radius 1 is 1.21 bits per heavy atom. The molecule has 0 radical (unpaired) electrons. The second kappa shape index (κ2) is 6.88. The largest absolute Gasteiger partial charge is 0.426 e. The molecule has 0 saturated heterocycles. The second-order valence-electron chi connectivity index (χ2n) is 6.33. The molecule has 0 saturated carbocycles. The van der Waals surface area contributed by atoms with Gasteiger partial charge in [-0.1, -0.05) is 34.1 Å². The van der Waals surface area contributed by atoms with Crippen molar-refractivity contribution < 1.29 is 17.6 Å². The van der Waals surface area contributed by atoms with Gasteiger partial charge in [0.2, 0.25) is 0 Å². The predicted octanol–water partition coefficient (Wildman–Crippen LogP) is 4.81. The number of rotatable bonds is 6. The molecule has 19 heavy (non-hydrogen) atoms. The van der Waals surface area contributed by atoms with Gasteiger partial charge in [0.05, 0.1) is 12.6 Å². The highest BCUT2D eigenvalue weighted by Gasteiger charge is 2.37. The lowest BCUT2D eigenvalue weighted by Crippen LogP contribution is -2.42. The molecule has 0 aromatic heterocycles. The van der Waals surface area contributed by atoms with Crippen LogP contribution in [0.1, 0.15) is 40.5 Å². The highest BCUT2D eigenvalue weighted by atomic mass is 28.4. The van der Waals surface area contributed by atoms with E-state index in [0.717, 1.165) is 6.42 Å². The number of aliphatic imine (C=N–C) groups is 1. The molecule has 6 heteroatoms. The first kappa shape index (κ1) is 18.6. The molecule has 2 nitrogen and oxygen atoms in total. The average Bonchev–Trinajstić information content (AvgIpc) is 2.19. The summed E-state index contributed by atoms with van der Waals surface area (Å²) >= 11 is 0. The number of hydrogen-bond donors (Lipinski definition) is 0. The molecular formula is C13H26F3NOSi. The van der Waals surface area contributed by atoms with E-state index < -0.39 is 20.5 Å². The highest BCUT2D eigenvalue weighted by Crippen LogP contribution is 2.36. The molecular weight excluding hydrogens is 271 g/mol. The van der Waals surface area contributed by atoms with Crippen LogP contribution < -0.4 is 0 Å². The fraction of sp³-hybridized carbons (Fsp3) is 0.923. The zero-order valence-electron chi connectivity index (χ0n) is 12.8. The van der Waals surface area contributed by atoms with Gasteiger partial charge in [0, 0.05) is 0 Å². The Hall–Kier alpha value is -0.363. The maximum Gasteiger partial charge on any atom is 0.426 e. The Morgan fingerprint density at radius 2 is 1.74 bits per heavy atom. The molecule has 114 valence electrons. The minimum atomic E-state index is -4.34. The first-order valence-electron chi connectivity index (χ1n) is 6.64. The molecule has 0 rings (SSSR count). The second-order valence-corrected chi connectivity index (χ2v) is 11.1. The standard InChI is InChI=1S/C13H26F3NOSi/c1-7-8-11(17-10-13(14,15)16)9-18-19(5,6)12(2,3)4/h10-11H,7-9H2,1-6H3/t11-/m0/s1. The summed E-state index contributed by atoms with van der Waals surface area (Å²) in [6.45, 7) is 12.7. The highest BCUT2D eigenvalue weighted by molar-refractivity contribution is 6.74. The monoisotopic (exact) mass is 297 g/mol. The Labute approximate surface area is 115 Å². The van der Waals surface area contributed by atoms with Gasteiger partial charge in [0.15, 0.2) is 8.32 Å². The minimum Gasteiger partial charge on any atom is -0.415 e. The third-order valence-corrected chi connectivity index (χ3v) is 8.00. The van der Waals surface area contributed by atoms with Crippen molar-refractivity contribution in [1.82, 2.24) is 0 Å². The fourth-order valence-electron chi connectivity index (χ4n) is 1.25. The van der Waals surface area contributed by atoms with Crippen LogP contribution in [0.3, 0.4) is 0 Å². The van der Waals surface area contributed by atoms with Crippen LogP contribution in [0.4, 0.5) is 13.2 Å². The molecule has 0 bridgehead atoms. The normalized spacial score (nSPS) is 16.1. The van der Waals surface area contributed by atoms with Crippen molar-refractivity contribution in [1.29, 1.82) is 0 Å². The van der Waals surface area contributed by atoms with Crippen molar-refractivity contribution in [3.63, 3.8) is 0 Å². The topological polar surface area (TPSA) is 21.6 Å². The lowest BCUT2D eigenvalue weighted by molar-refractivity contribution is -0.0539. The maximum absolute atomic E-state index is 12.1. The zero-order valence-corrected chi connectivity index (χ0v) is 13.8. The van der Waals surface area contributed by atoms with Crippen LogP contribution >= 0.6 is 0 Å². The summed E-state index contributed by atoms with van der Waals surface area (Å²) in [5.41, 5.74) is 0. The Morgan fingerprint density at radius 3 is 2.11 bits per heavy atom. The van der Waals surface area contributed by atoms with Crippen molar-refractivity contribution in [3.05, 3.63) is 0 Å². The van der Waals surface area contributed by atoms with E-state index in [4.69, 9.17) is 4.43 Å². The van der Waals surface area contributed by atoms with E-state index in [0.29, 0.717) is 6.42 Å². The van der Waals surface area contributed by atoms with Gasteiger partial charge >= 0.3 is 6.18 Å². The van der Waals surface area contributed by atoms with E-state index in [2.05, 4.69) is 38.9 Å². The summed E-state index contributed by atoms with van der Waals surface area (Å²) in [6.07, 6.45) is -2.85. The van der Waals surface area contributed by atoms with Gasteiger partial charge < -0.3 is 4.43 Å². The molecule has 0 unspecified atom stereocenters. The lowest BCUT2D eigenvalue weighted by Gasteiger charge is -2.36. The van der Waals surface area contributed by atoms with E-state index in [-0.39, 0.29) is 17.9 Å². The number of hydrogen-bond acceptors (Lipinski definition) is 2. The Bertz CT molecular complexity index is 295. The third-order valence-electron chi connectivity index (χ3n) is 3.50. The molecule has 0 amide bonds. The van der Waals surface area contributed by atoms with Crippen molar-refractivity contribution in [3.8, 4) is 0 Å². The van der Waals surface area contributed by atoms with Crippen molar-refractivity contribution in [2.75, 3.05) is 6.61 Å². The van der Waals surface area contributed by atoms with Gasteiger partial charge in [-0.05, 0) is 24.6 Å². The van der Waals surface area contributed by atoms with E-state index in [1.807, 2.05) is 6.92 Å². The summed E-state index contributed by atoms with van der Waals surface area (Å²) in [5, 5.41) is 0.0531. The Balaban J connectivity index is 4.58. The molecule has 0 aromatic rings. The van der Waals surface area contributed by atoms with E-state index in [1.165, 1.54) is 0 Å². The van der Waals surface area contributed by atoms with Gasteiger partial charge in [-0.3, -0.25) is 4.99 Å². The smallest absolute Gasteiger partial charge is 0.415 e. The molecule has 0 aliphatic rings. The van der Waals surface area contributed by atoms with E-state index >= 15 is 0 Å². The van der Waals surface area contributed by atoms with Crippen LogP contribution in [-0.4, -0.2) is 33.4 Å². The van der Waals surface area contributed by atoms with Gasteiger partial charge in [-0.25, -0.2) is 0 Å². The zero-order chi connectivity index (χ0) is 15.3.